The largest absolute Gasteiger partial charge is 0.504 e. The summed E-state index contributed by atoms with van der Waals surface area (Å²) in [5.41, 5.74) is 1.11. The summed E-state index contributed by atoms with van der Waals surface area (Å²) < 4.78 is 7.31. The molecule has 0 radical (unpaired) electrons. The number of phenols is 1. The third kappa shape index (κ3) is 3.09. The minimum absolute atomic E-state index is 0.205. The van der Waals surface area contributed by atoms with Crippen LogP contribution in [0, 0.1) is 5.92 Å². The molecule has 1 saturated heterocycles. The molecule has 0 bridgehead atoms. The topological polar surface area (TPSA) is 50.5 Å². The summed E-state index contributed by atoms with van der Waals surface area (Å²) in [6.07, 6.45) is 6.96. The molecule has 0 amide bonds. The first-order valence-electron chi connectivity index (χ1n) is 7.73. The maximum Gasteiger partial charge on any atom is 0.160 e. The number of nitrogens with zero attached hydrogens (tertiary/aromatic N) is 3. The van der Waals surface area contributed by atoms with Gasteiger partial charge in [0.05, 0.1) is 13.4 Å². The number of likely N-dealkylation sites (tertiary alicyclic amines) is 1. The molecule has 3 rings (SSSR count). The normalized spacial score (nSPS) is 22.6. The zero-order chi connectivity index (χ0) is 15.5. The molecule has 1 aromatic carbocycles. The maximum atomic E-state index is 9.91. The summed E-state index contributed by atoms with van der Waals surface area (Å²) in [4.78, 5) is 6.61. The van der Waals surface area contributed by atoms with Gasteiger partial charge in [-0.25, -0.2) is 4.98 Å². The number of imidazole rings is 1. The van der Waals surface area contributed by atoms with Crippen molar-refractivity contribution in [2.24, 2.45) is 5.92 Å². The van der Waals surface area contributed by atoms with E-state index in [9.17, 15) is 5.11 Å². The molecule has 1 aromatic heterocycles. The number of ether oxygens (including phenoxy) is 1. The van der Waals surface area contributed by atoms with Gasteiger partial charge in [-0.15, -0.1) is 0 Å². The lowest BCUT2D eigenvalue weighted by atomic mass is 9.93. The van der Waals surface area contributed by atoms with Crippen molar-refractivity contribution in [2.45, 2.75) is 25.9 Å². The summed E-state index contributed by atoms with van der Waals surface area (Å²) in [7, 11) is 1.57. The molecular weight excluding hydrogens is 278 g/mol. The van der Waals surface area contributed by atoms with Gasteiger partial charge in [0.25, 0.3) is 0 Å². The third-order valence-corrected chi connectivity index (χ3v) is 4.56. The number of piperidine rings is 1. The molecule has 2 atom stereocenters. The highest BCUT2D eigenvalue weighted by atomic mass is 16.5. The minimum Gasteiger partial charge on any atom is -0.504 e. The second-order valence-electron chi connectivity index (χ2n) is 6.08. The van der Waals surface area contributed by atoms with E-state index in [-0.39, 0.29) is 5.75 Å². The Labute approximate surface area is 131 Å². The Kier molecular flexibility index (Phi) is 4.34. The van der Waals surface area contributed by atoms with E-state index in [1.54, 1.807) is 13.2 Å². The standard InChI is InChI=1S/C17H23N3O2/c1-13-5-7-19(11-15(13)20-8-6-18-12-20)10-14-3-4-17(22-2)16(21)9-14/h3-4,6,8-9,12-13,15,21H,5,7,10-11H2,1-2H3/t13-,15-/m1/s1. The van der Waals surface area contributed by atoms with Crippen molar-refractivity contribution >= 4 is 0 Å². The first-order chi connectivity index (χ1) is 10.7. The van der Waals surface area contributed by atoms with Crippen LogP contribution < -0.4 is 4.74 Å². The molecule has 22 heavy (non-hydrogen) atoms. The van der Waals surface area contributed by atoms with Gasteiger partial charge in [0.15, 0.2) is 11.5 Å². The number of phenolic OH excluding ortho intramolecular Hbond substituents is 1. The molecule has 5 heteroatoms. The quantitative estimate of drug-likeness (QED) is 0.943. The average molecular weight is 301 g/mol. The van der Waals surface area contributed by atoms with Crippen molar-refractivity contribution < 1.29 is 9.84 Å². The molecule has 2 aromatic rings. The van der Waals surface area contributed by atoms with Gasteiger partial charge in [0, 0.05) is 31.5 Å². The molecule has 0 spiro atoms. The van der Waals surface area contributed by atoms with Crippen LogP contribution >= 0.6 is 0 Å². The van der Waals surface area contributed by atoms with E-state index in [0.717, 1.165) is 25.2 Å². The number of methoxy groups -OCH3 is 1. The summed E-state index contributed by atoms with van der Waals surface area (Å²) in [5.74, 6) is 1.37. The Hall–Kier alpha value is -2.01. The van der Waals surface area contributed by atoms with Gasteiger partial charge in [0.2, 0.25) is 0 Å². The van der Waals surface area contributed by atoms with Gasteiger partial charge in [-0.3, -0.25) is 4.90 Å². The number of hydrogen-bond acceptors (Lipinski definition) is 4. The van der Waals surface area contributed by atoms with Crippen LogP contribution in [0.3, 0.4) is 0 Å². The van der Waals surface area contributed by atoms with Gasteiger partial charge in [-0.2, -0.15) is 0 Å². The van der Waals surface area contributed by atoms with E-state index in [0.29, 0.717) is 17.7 Å². The van der Waals surface area contributed by atoms with Crippen molar-refractivity contribution in [2.75, 3.05) is 20.2 Å². The summed E-state index contributed by atoms with van der Waals surface area (Å²) in [6, 6.07) is 6.10. The van der Waals surface area contributed by atoms with E-state index >= 15 is 0 Å². The van der Waals surface area contributed by atoms with E-state index in [2.05, 4.69) is 21.4 Å². The highest BCUT2D eigenvalue weighted by molar-refractivity contribution is 5.41. The molecule has 0 saturated carbocycles. The number of rotatable bonds is 4. The average Bonchev–Trinajstić information content (AvgIpc) is 3.03. The Morgan fingerprint density at radius 2 is 2.27 bits per heavy atom. The molecule has 1 aliphatic heterocycles. The van der Waals surface area contributed by atoms with E-state index in [1.807, 2.05) is 30.9 Å². The van der Waals surface area contributed by atoms with Crippen molar-refractivity contribution in [3.05, 3.63) is 42.5 Å². The number of hydrogen-bond donors (Lipinski definition) is 1. The fourth-order valence-electron chi connectivity index (χ4n) is 3.20. The summed E-state index contributed by atoms with van der Waals surface area (Å²) in [6.45, 7) is 5.24. The zero-order valence-corrected chi connectivity index (χ0v) is 13.1. The van der Waals surface area contributed by atoms with Crippen LogP contribution in [-0.4, -0.2) is 39.8 Å². The molecule has 0 aliphatic carbocycles. The lowest BCUT2D eigenvalue weighted by molar-refractivity contribution is 0.126. The van der Waals surface area contributed by atoms with Crippen molar-refractivity contribution in [1.82, 2.24) is 14.5 Å². The first-order valence-corrected chi connectivity index (χ1v) is 7.73. The lowest BCUT2D eigenvalue weighted by Gasteiger charge is -2.37. The van der Waals surface area contributed by atoms with E-state index in [1.165, 1.54) is 6.42 Å². The second kappa shape index (κ2) is 6.40. The van der Waals surface area contributed by atoms with Gasteiger partial charge in [0.1, 0.15) is 0 Å². The lowest BCUT2D eigenvalue weighted by Crippen LogP contribution is -2.40. The minimum atomic E-state index is 0.205. The summed E-state index contributed by atoms with van der Waals surface area (Å²) >= 11 is 0. The Balaban J connectivity index is 1.69. The maximum absolute atomic E-state index is 9.91. The molecule has 2 heterocycles. The predicted octanol–water partition coefficient (Wildman–Crippen LogP) is 2.68. The van der Waals surface area contributed by atoms with Crippen LogP contribution in [0.15, 0.2) is 36.9 Å². The monoisotopic (exact) mass is 301 g/mol. The Morgan fingerprint density at radius 3 is 2.95 bits per heavy atom. The number of aromatic nitrogens is 2. The highest BCUT2D eigenvalue weighted by Crippen LogP contribution is 2.30. The third-order valence-electron chi connectivity index (χ3n) is 4.56. The van der Waals surface area contributed by atoms with Crippen LogP contribution in [0.2, 0.25) is 0 Å². The van der Waals surface area contributed by atoms with Crippen molar-refractivity contribution in [3.8, 4) is 11.5 Å². The molecule has 1 fully saturated rings. The SMILES string of the molecule is COc1ccc(CN2CC[C@@H](C)[C@H](n3ccnc3)C2)cc1O. The van der Waals surface area contributed by atoms with Crippen LogP contribution in [-0.2, 0) is 6.54 Å². The number of aromatic hydroxyl groups is 1. The fourth-order valence-corrected chi connectivity index (χ4v) is 3.20. The molecule has 0 unspecified atom stereocenters. The fraction of sp³-hybridized carbons (Fsp3) is 0.471. The Morgan fingerprint density at radius 1 is 1.41 bits per heavy atom. The zero-order valence-electron chi connectivity index (χ0n) is 13.1. The van der Waals surface area contributed by atoms with Crippen LogP contribution in [0.4, 0.5) is 0 Å². The van der Waals surface area contributed by atoms with Crippen LogP contribution in [0.5, 0.6) is 11.5 Å². The van der Waals surface area contributed by atoms with Gasteiger partial charge >= 0.3 is 0 Å². The smallest absolute Gasteiger partial charge is 0.160 e. The molecule has 118 valence electrons. The van der Waals surface area contributed by atoms with Gasteiger partial charge in [-0.1, -0.05) is 13.0 Å². The van der Waals surface area contributed by atoms with E-state index < -0.39 is 0 Å². The Bertz CT molecular complexity index is 612. The first kappa shape index (κ1) is 14.9. The van der Waals surface area contributed by atoms with Crippen LogP contribution in [0.1, 0.15) is 24.9 Å². The molecule has 5 nitrogen and oxygen atoms in total. The predicted molar refractivity (Wildman–Crippen MR) is 85.0 cm³/mol. The van der Waals surface area contributed by atoms with Gasteiger partial charge < -0.3 is 14.4 Å². The summed E-state index contributed by atoms with van der Waals surface area (Å²) in [5, 5.41) is 9.91. The van der Waals surface area contributed by atoms with E-state index in [4.69, 9.17) is 4.74 Å². The van der Waals surface area contributed by atoms with Crippen LogP contribution in [0.25, 0.3) is 0 Å². The molecule has 1 aliphatic rings. The van der Waals surface area contributed by atoms with Crippen molar-refractivity contribution in [1.29, 1.82) is 0 Å². The second-order valence-corrected chi connectivity index (χ2v) is 6.08. The number of benzene rings is 1. The highest BCUT2D eigenvalue weighted by Gasteiger charge is 2.27. The molecule has 1 N–H and O–H groups in total. The molecular formula is C17H23N3O2. The van der Waals surface area contributed by atoms with Gasteiger partial charge in [-0.05, 0) is 36.6 Å². The van der Waals surface area contributed by atoms with Crippen molar-refractivity contribution in [3.63, 3.8) is 0 Å².